The molecule has 7 heteroatoms. The molecule has 1 saturated heterocycles. The fraction of sp³-hybridized carbons (Fsp3) is 0.333. The van der Waals surface area contributed by atoms with Crippen molar-refractivity contribution in [2.24, 2.45) is 5.92 Å². The number of amides is 2. The van der Waals surface area contributed by atoms with Crippen molar-refractivity contribution in [3.63, 3.8) is 0 Å². The Morgan fingerprint density at radius 1 is 1.07 bits per heavy atom. The Labute approximate surface area is 164 Å². The first kappa shape index (κ1) is 19.7. The Kier molecular flexibility index (Phi) is 6.13. The van der Waals surface area contributed by atoms with Crippen molar-refractivity contribution in [3.8, 4) is 0 Å². The molecular weight excluding hydrogens is 357 g/mol. The van der Waals surface area contributed by atoms with Crippen LogP contribution in [0.15, 0.2) is 54.6 Å². The number of nitrogens with zero attached hydrogens (tertiary/aromatic N) is 2. The van der Waals surface area contributed by atoms with Crippen LogP contribution in [0.25, 0.3) is 0 Å². The molecule has 1 aliphatic heterocycles. The monoisotopic (exact) mass is 383 g/mol. The van der Waals surface area contributed by atoms with E-state index in [4.69, 9.17) is 5.41 Å². The van der Waals surface area contributed by atoms with Gasteiger partial charge in [-0.05, 0) is 36.2 Å². The first-order valence-electron chi connectivity index (χ1n) is 9.43. The number of hydrogen-bond acceptors (Lipinski definition) is 2. The van der Waals surface area contributed by atoms with Gasteiger partial charge in [-0.15, -0.1) is 0 Å². The second-order valence-electron chi connectivity index (χ2n) is 7.23. The Morgan fingerprint density at radius 2 is 1.79 bits per heavy atom. The number of halogens is 1. The molecule has 0 aliphatic carbocycles. The van der Waals surface area contributed by atoms with Gasteiger partial charge in [-0.2, -0.15) is 0 Å². The number of piperazine rings is 1. The molecule has 6 nitrogen and oxygen atoms in total. The van der Waals surface area contributed by atoms with E-state index in [0.29, 0.717) is 31.3 Å². The molecule has 0 radical (unpaired) electrons. The highest BCUT2D eigenvalue weighted by atomic mass is 19.1. The van der Waals surface area contributed by atoms with E-state index in [0.717, 1.165) is 5.69 Å². The fourth-order valence-electron chi connectivity index (χ4n) is 3.34. The van der Waals surface area contributed by atoms with Crippen LogP contribution in [-0.2, 0) is 0 Å². The van der Waals surface area contributed by atoms with Gasteiger partial charge in [0.05, 0.1) is 6.04 Å². The standard InChI is InChI=1S/C21H26FN5O/c1-15(2)19-14-26(21(28)25-18-10-6-7-16(22)13-18)11-12-27(19)20(23)24-17-8-4-3-5-9-17/h3-10,13,15,19H,11-12,14H2,1-2H3,(H2,23,24)(H,25,28). The second kappa shape index (κ2) is 8.73. The molecule has 1 heterocycles. The normalized spacial score (nSPS) is 16.8. The molecule has 0 bridgehead atoms. The number of hydrogen-bond donors (Lipinski definition) is 3. The Morgan fingerprint density at radius 3 is 2.46 bits per heavy atom. The lowest BCUT2D eigenvalue weighted by Crippen LogP contribution is -2.60. The summed E-state index contributed by atoms with van der Waals surface area (Å²) < 4.78 is 13.3. The fourth-order valence-corrected chi connectivity index (χ4v) is 3.34. The van der Waals surface area contributed by atoms with Crippen molar-refractivity contribution in [2.75, 3.05) is 30.3 Å². The predicted octanol–water partition coefficient (Wildman–Crippen LogP) is 4.05. The van der Waals surface area contributed by atoms with Crippen molar-refractivity contribution in [3.05, 3.63) is 60.4 Å². The van der Waals surface area contributed by atoms with Gasteiger partial charge < -0.3 is 20.4 Å². The van der Waals surface area contributed by atoms with Crippen LogP contribution < -0.4 is 10.6 Å². The minimum Gasteiger partial charge on any atom is -0.336 e. The topological polar surface area (TPSA) is 71.5 Å². The molecule has 1 fully saturated rings. The van der Waals surface area contributed by atoms with E-state index in [1.807, 2.05) is 35.2 Å². The number of carbonyl (C=O) groups is 1. The summed E-state index contributed by atoms with van der Waals surface area (Å²) in [6, 6.07) is 15.2. The maximum atomic E-state index is 13.3. The van der Waals surface area contributed by atoms with Gasteiger partial charge in [0.2, 0.25) is 0 Å². The average Bonchev–Trinajstić information content (AvgIpc) is 2.68. The van der Waals surface area contributed by atoms with Crippen LogP contribution >= 0.6 is 0 Å². The number of nitrogens with one attached hydrogen (secondary N) is 3. The second-order valence-corrected chi connectivity index (χ2v) is 7.23. The van der Waals surface area contributed by atoms with Crippen LogP contribution in [0.5, 0.6) is 0 Å². The predicted molar refractivity (Wildman–Crippen MR) is 110 cm³/mol. The van der Waals surface area contributed by atoms with E-state index < -0.39 is 0 Å². The van der Waals surface area contributed by atoms with E-state index in [1.54, 1.807) is 17.0 Å². The van der Waals surface area contributed by atoms with Gasteiger partial charge in [-0.25, -0.2) is 9.18 Å². The molecule has 0 saturated carbocycles. The van der Waals surface area contributed by atoms with Crippen LogP contribution in [0.2, 0.25) is 0 Å². The van der Waals surface area contributed by atoms with Crippen LogP contribution in [0.4, 0.5) is 20.6 Å². The highest BCUT2D eigenvalue weighted by Crippen LogP contribution is 2.20. The van der Waals surface area contributed by atoms with E-state index in [2.05, 4.69) is 24.5 Å². The van der Waals surface area contributed by atoms with E-state index in [9.17, 15) is 9.18 Å². The third-order valence-electron chi connectivity index (χ3n) is 4.87. The minimum atomic E-state index is -0.386. The van der Waals surface area contributed by atoms with Crippen LogP contribution in [0, 0.1) is 17.1 Å². The summed E-state index contributed by atoms with van der Waals surface area (Å²) in [6.07, 6.45) is 0. The van der Waals surface area contributed by atoms with E-state index >= 15 is 0 Å². The number of rotatable bonds is 3. The average molecular weight is 383 g/mol. The number of guanidine groups is 1. The van der Waals surface area contributed by atoms with Crippen molar-refractivity contribution >= 4 is 23.4 Å². The smallest absolute Gasteiger partial charge is 0.321 e. The van der Waals surface area contributed by atoms with Crippen molar-refractivity contribution < 1.29 is 9.18 Å². The third kappa shape index (κ3) is 4.79. The summed E-state index contributed by atoms with van der Waals surface area (Å²) in [5.41, 5.74) is 1.30. The first-order valence-corrected chi connectivity index (χ1v) is 9.43. The third-order valence-corrected chi connectivity index (χ3v) is 4.87. The largest absolute Gasteiger partial charge is 0.336 e. The minimum absolute atomic E-state index is 0.00993. The molecule has 2 aromatic carbocycles. The molecule has 0 spiro atoms. The molecule has 1 unspecified atom stereocenters. The maximum absolute atomic E-state index is 13.3. The summed E-state index contributed by atoms with van der Waals surface area (Å²) in [7, 11) is 0. The summed E-state index contributed by atoms with van der Waals surface area (Å²) in [5, 5.41) is 14.4. The molecule has 28 heavy (non-hydrogen) atoms. The molecule has 2 aromatic rings. The molecule has 3 rings (SSSR count). The number of urea groups is 1. The first-order chi connectivity index (χ1) is 13.4. The van der Waals surface area contributed by atoms with E-state index in [-0.39, 0.29) is 23.8 Å². The quantitative estimate of drug-likeness (QED) is 0.553. The molecule has 3 N–H and O–H groups in total. The van der Waals surface area contributed by atoms with Crippen molar-refractivity contribution in [1.82, 2.24) is 9.80 Å². The van der Waals surface area contributed by atoms with Crippen LogP contribution in [0.3, 0.4) is 0 Å². The lowest BCUT2D eigenvalue weighted by Gasteiger charge is -2.44. The number of benzene rings is 2. The lowest BCUT2D eigenvalue weighted by atomic mass is 10.00. The molecule has 1 aliphatic rings. The Bertz CT molecular complexity index is 827. The van der Waals surface area contributed by atoms with Crippen LogP contribution in [-0.4, -0.2) is 47.5 Å². The summed E-state index contributed by atoms with van der Waals surface area (Å²) in [6.45, 7) is 5.71. The molecule has 1 atom stereocenters. The summed E-state index contributed by atoms with van der Waals surface area (Å²) in [5.74, 6) is 0.195. The molecule has 2 amide bonds. The lowest BCUT2D eigenvalue weighted by molar-refractivity contribution is 0.119. The van der Waals surface area contributed by atoms with Gasteiger partial charge in [0, 0.05) is 31.0 Å². The highest BCUT2D eigenvalue weighted by Gasteiger charge is 2.33. The highest BCUT2D eigenvalue weighted by molar-refractivity contribution is 5.92. The SMILES string of the molecule is CC(C)C1CN(C(=O)Nc2cccc(F)c2)CCN1C(=N)Nc1ccccc1. The van der Waals surface area contributed by atoms with Gasteiger partial charge in [-0.3, -0.25) is 5.41 Å². The van der Waals surface area contributed by atoms with Crippen molar-refractivity contribution in [1.29, 1.82) is 5.41 Å². The molecule has 0 aromatic heterocycles. The summed E-state index contributed by atoms with van der Waals surface area (Å²) in [4.78, 5) is 16.3. The van der Waals surface area contributed by atoms with Crippen molar-refractivity contribution in [2.45, 2.75) is 19.9 Å². The Hall–Kier alpha value is -3.09. The molecular formula is C21H26FN5O. The zero-order valence-corrected chi connectivity index (χ0v) is 16.2. The van der Waals surface area contributed by atoms with Gasteiger partial charge in [0.15, 0.2) is 5.96 Å². The van der Waals surface area contributed by atoms with Crippen LogP contribution in [0.1, 0.15) is 13.8 Å². The van der Waals surface area contributed by atoms with Gasteiger partial charge in [0.1, 0.15) is 5.82 Å². The van der Waals surface area contributed by atoms with Gasteiger partial charge in [-0.1, -0.05) is 38.1 Å². The maximum Gasteiger partial charge on any atom is 0.321 e. The van der Waals surface area contributed by atoms with Gasteiger partial charge in [0.25, 0.3) is 0 Å². The number of carbonyl (C=O) groups excluding carboxylic acids is 1. The number of anilines is 2. The summed E-state index contributed by atoms with van der Waals surface area (Å²) >= 11 is 0. The van der Waals surface area contributed by atoms with E-state index in [1.165, 1.54) is 12.1 Å². The Balaban J connectivity index is 1.65. The zero-order chi connectivity index (χ0) is 20.1. The number of para-hydroxylation sites is 1. The zero-order valence-electron chi connectivity index (χ0n) is 16.2. The molecule has 148 valence electrons. The van der Waals surface area contributed by atoms with Gasteiger partial charge >= 0.3 is 6.03 Å².